The number of halogens is 3. The van der Waals surface area contributed by atoms with E-state index in [9.17, 15) is 4.79 Å². The summed E-state index contributed by atoms with van der Waals surface area (Å²) in [5, 5.41) is 4.50. The van der Waals surface area contributed by atoms with Gasteiger partial charge in [0.25, 0.3) is 5.56 Å². The summed E-state index contributed by atoms with van der Waals surface area (Å²) in [5.74, 6) is 0.783. The Morgan fingerprint density at radius 2 is 1.77 bits per heavy atom. The van der Waals surface area contributed by atoms with Crippen molar-refractivity contribution >= 4 is 48.1 Å². The molecule has 0 aliphatic rings. The van der Waals surface area contributed by atoms with E-state index in [-0.39, 0.29) is 42.8 Å². The van der Waals surface area contributed by atoms with Crippen LogP contribution in [0.15, 0.2) is 78.0 Å². The first-order valence-electron chi connectivity index (χ1n) is 10.9. The lowest BCUT2D eigenvalue weighted by atomic mass is 10.1. The number of hydrogen-bond acceptors (Lipinski definition) is 5. The Bertz CT molecular complexity index is 1240. The van der Waals surface area contributed by atoms with Gasteiger partial charge >= 0.3 is 0 Å². The number of rotatable bonds is 10. The van der Waals surface area contributed by atoms with Gasteiger partial charge in [0.1, 0.15) is 5.75 Å². The minimum atomic E-state index is -0.0183. The van der Waals surface area contributed by atoms with E-state index in [4.69, 9.17) is 4.74 Å². The molecule has 0 radical (unpaired) electrons. The van der Waals surface area contributed by atoms with Crippen LogP contribution in [0.1, 0.15) is 23.2 Å². The van der Waals surface area contributed by atoms with Crippen LogP contribution in [0.2, 0.25) is 0 Å². The SMILES string of the molecule is Cl.Cl.Cl.Cn1c(=O)ccc2ccc(OCCCNCc3ccnc(CCc4cccnc4)c3)cc21. The number of nitrogens with one attached hydrogen (secondary N) is 1. The smallest absolute Gasteiger partial charge is 0.250 e. The Hall–Kier alpha value is -2.64. The molecule has 4 rings (SSSR count). The third-order valence-corrected chi connectivity index (χ3v) is 5.47. The van der Waals surface area contributed by atoms with Crippen LogP contribution in [0.25, 0.3) is 10.9 Å². The molecule has 0 saturated heterocycles. The fraction of sp³-hybridized carbons (Fsp3) is 0.269. The monoisotopic (exact) mass is 536 g/mol. The van der Waals surface area contributed by atoms with Gasteiger partial charge in [-0.05, 0) is 78.7 Å². The Morgan fingerprint density at radius 1 is 0.943 bits per heavy atom. The molecule has 9 heteroatoms. The van der Waals surface area contributed by atoms with Crippen molar-refractivity contribution in [1.29, 1.82) is 0 Å². The molecule has 0 aliphatic carbocycles. The molecule has 1 aromatic carbocycles. The second-order valence-electron chi connectivity index (χ2n) is 7.85. The van der Waals surface area contributed by atoms with Crippen molar-refractivity contribution in [3.05, 3.63) is 100 Å². The van der Waals surface area contributed by atoms with Crippen molar-refractivity contribution in [2.45, 2.75) is 25.8 Å². The summed E-state index contributed by atoms with van der Waals surface area (Å²) in [6.07, 6.45) is 8.33. The predicted octanol–water partition coefficient (Wildman–Crippen LogP) is 4.94. The van der Waals surface area contributed by atoms with E-state index in [1.807, 2.05) is 42.7 Å². The molecule has 188 valence electrons. The second-order valence-corrected chi connectivity index (χ2v) is 7.85. The van der Waals surface area contributed by atoms with E-state index in [0.29, 0.717) is 6.61 Å². The van der Waals surface area contributed by atoms with Crippen LogP contribution in [0.4, 0.5) is 0 Å². The Kier molecular flexibility index (Phi) is 13.3. The number of benzene rings is 1. The minimum absolute atomic E-state index is 0. The van der Waals surface area contributed by atoms with Crippen LogP contribution in [0, 0.1) is 0 Å². The standard InChI is InChI=1S/C26H28N4O2.3ClH/c1-30-25-17-24(9-6-22(25)7-10-26(30)31)32-15-3-13-28-19-21-11-14-29-23(16-21)8-5-20-4-2-12-27-18-20;;;/h2,4,6-7,9-12,14,16-18,28H,3,5,8,13,15,19H2,1H3;3*1H. The Labute approximate surface area is 224 Å². The summed E-state index contributed by atoms with van der Waals surface area (Å²) < 4.78 is 7.53. The van der Waals surface area contributed by atoms with Crippen molar-refractivity contribution in [2.75, 3.05) is 13.2 Å². The van der Waals surface area contributed by atoms with E-state index in [0.717, 1.165) is 54.7 Å². The van der Waals surface area contributed by atoms with E-state index in [1.54, 1.807) is 23.9 Å². The van der Waals surface area contributed by atoms with Gasteiger partial charge in [0.05, 0.1) is 12.1 Å². The molecular weight excluding hydrogens is 507 g/mol. The lowest BCUT2D eigenvalue weighted by Gasteiger charge is -2.10. The van der Waals surface area contributed by atoms with Crippen molar-refractivity contribution in [3.8, 4) is 5.75 Å². The Balaban J connectivity index is 0.00000204. The number of fused-ring (bicyclic) bond motifs is 1. The van der Waals surface area contributed by atoms with Gasteiger partial charge in [-0.25, -0.2) is 0 Å². The average molecular weight is 538 g/mol. The maximum Gasteiger partial charge on any atom is 0.250 e. The van der Waals surface area contributed by atoms with Gasteiger partial charge in [0.2, 0.25) is 0 Å². The van der Waals surface area contributed by atoms with Crippen LogP contribution >= 0.6 is 37.2 Å². The molecule has 0 aliphatic heterocycles. The zero-order valence-electron chi connectivity index (χ0n) is 19.6. The molecule has 0 saturated carbocycles. The average Bonchev–Trinajstić information content (AvgIpc) is 2.83. The number of ether oxygens (including phenoxy) is 1. The van der Waals surface area contributed by atoms with Crippen LogP contribution in [-0.4, -0.2) is 27.7 Å². The largest absolute Gasteiger partial charge is 0.493 e. The van der Waals surface area contributed by atoms with Crippen molar-refractivity contribution in [3.63, 3.8) is 0 Å². The maximum atomic E-state index is 11.8. The Morgan fingerprint density at radius 3 is 2.57 bits per heavy atom. The first-order chi connectivity index (χ1) is 15.7. The topological polar surface area (TPSA) is 69.0 Å². The van der Waals surface area contributed by atoms with Crippen molar-refractivity contribution < 1.29 is 4.74 Å². The molecule has 4 aromatic rings. The predicted molar refractivity (Wildman–Crippen MR) is 149 cm³/mol. The normalized spacial score (nSPS) is 10.1. The third-order valence-electron chi connectivity index (χ3n) is 5.47. The molecule has 0 atom stereocenters. The second kappa shape index (κ2) is 15.4. The summed E-state index contributed by atoms with van der Waals surface area (Å²) in [4.78, 5) is 20.5. The molecule has 6 nitrogen and oxygen atoms in total. The lowest BCUT2D eigenvalue weighted by Crippen LogP contribution is -2.17. The van der Waals surface area contributed by atoms with Gasteiger partial charge in [0.15, 0.2) is 0 Å². The number of nitrogens with zero attached hydrogens (tertiary/aromatic N) is 3. The van der Waals surface area contributed by atoms with Crippen molar-refractivity contribution in [2.24, 2.45) is 7.05 Å². The van der Waals surface area contributed by atoms with Crippen LogP contribution in [-0.2, 0) is 26.4 Å². The summed E-state index contributed by atoms with van der Waals surface area (Å²) in [6, 6.07) is 17.6. The van der Waals surface area contributed by atoms with Gasteiger partial charge in [-0.1, -0.05) is 6.07 Å². The molecule has 0 spiro atoms. The van der Waals surface area contributed by atoms with Gasteiger partial charge in [-0.15, -0.1) is 37.2 Å². The molecule has 35 heavy (non-hydrogen) atoms. The minimum Gasteiger partial charge on any atom is -0.493 e. The van der Waals surface area contributed by atoms with Gasteiger partial charge < -0.3 is 14.6 Å². The number of pyridine rings is 3. The summed E-state index contributed by atoms with van der Waals surface area (Å²) >= 11 is 0. The number of aryl methyl sites for hydroxylation is 3. The van der Waals surface area contributed by atoms with Gasteiger partial charge in [-0.3, -0.25) is 14.8 Å². The third kappa shape index (κ3) is 8.82. The zero-order valence-corrected chi connectivity index (χ0v) is 22.0. The number of aromatic nitrogens is 3. The van der Waals surface area contributed by atoms with Crippen LogP contribution in [0.3, 0.4) is 0 Å². The van der Waals surface area contributed by atoms with E-state index in [1.165, 1.54) is 11.1 Å². The lowest BCUT2D eigenvalue weighted by molar-refractivity contribution is 0.308. The van der Waals surface area contributed by atoms with Crippen LogP contribution < -0.4 is 15.6 Å². The molecule has 0 fully saturated rings. The molecular formula is C26H31Cl3N4O2. The van der Waals surface area contributed by atoms with Gasteiger partial charge in [-0.2, -0.15) is 0 Å². The summed E-state index contributed by atoms with van der Waals surface area (Å²) in [6.45, 7) is 2.28. The molecule has 0 amide bonds. The highest BCUT2D eigenvalue weighted by Gasteiger charge is 2.03. The first-order valence-corrected chi connectivity index (χ1v) is 10.9. The van der Waals surface area contributed by atoms with E-state index in [2.05, 4.69) is 33.5 Å². The molecule has 3 heterocycles. The molecule has 3 aromatic heterocycles. The summed E-state index contributed by atoms with van der Waals surface area (Å²) in [5.41, 5.74) is 4.42. The zero-order chi connectivity index (χ0) is 22.2. The van der Waals surface area contributed by atoms with E-state index >= 15 is 0 Å². The van der Waals surface area contributed by atoms with Crippen molar-refractivity contribution in [1.82, 2.24) is 19.9 Å². The molecule has 0 unspecified atom stereocenters. The summed E-state index contributed by atoms with van der Waals surface area (Å²) in [7, 11) is 1.78. The first kappa shape index (κ1) is 30.4. The molecule has 0 bridgehead atoms. The molecule has 1 N–H and O–H groups in total. The van der Waals surface area contributed by atoms with Gasteiger partial charge in [0, 0.05) is 50.0 Å². The van der Waals surface area contributed by atoms with Crippen LogP contribution in [0.5, 0.6) is 5.75 Å². The maximum absolute atomic E-state index is 11.8. The highest BCUT2D eigenvalue weighted by Crippen LogP contribution is 2.19. The number of hydrogen-bond donors (Lipinski definition) is 1. The quantitative estimate of drug-likeness (QED) is 0.290. The highest BCUT2D eigenvalue weighted by atomic mass is 35.5. The fourth-order valence-corrected chi connectivity index (χ4v) is 3.65. The highest BCUT2D eigenvalue weighted by molar-refractivity contribution is 5.86. The fourth-order valence-electron chi connectivity index (χ4n) is 3.65. The van der Waals surface area contributed by atoms with E-state index < -0.39 is 0 Å².